The van der Waals surface area contributed by atoms with Gasteiger partial charge in [-0.15, -0.1) is 0 Å². The second-order valence-electron chi connectivity index (χ2n) is 5.65. The third-order valence-corrected chi connectivity index (χ3v) is 4.87. The number of benzene rings is 2. The van der Waals surface area contributed by atoms with E-state index in [1.807, 2.05) is 35.7 Å². The molecule has 0 saturated heterocycles. The molecule has 3 aromatic rings. The maximum absolute atomic E-state index is 12.9. The highest BCUT2D eigenvalue weighted by Crippen LogP contribution is 2.30. The van der Waals surface area contributed by atoms with Crippen LogP contribution in [0.5, 0.6) is 0 Å². The van der Waals surface area contributed by atoms with Crippen molar-refractivity contribution in [2.45, 2.75) is 19.1 Å². The lowest BCUT2D eigenvalue weighted by Gasteiger charge is -2.07. The Morgan fingerprint density at radius 1 is 1.04 bits per heavy atom. The van der Waals surface area contributed by atoms with Gasteiger partial charge < -0.3 is 0 Å². The molecule has 0 spiro atoms. The van der Waals surface area contributed by atoms with Gasteiger partial charge in [0.15, 0.2) is 6.54 Å². The average molecular weight is 360 g/mol. The number of aromatic nitrogens is 1. The van der Waals surface area contributed by atoms with Crippen LogP contribution >= 0.6 is 11.3 Å². The molecule has 0 N–H and O–H groups in total. The van der Waals surface area contributed by atoms with Crippen molar-refractivity contribution in [3.05, 3.63) is 88.8 Å². The van der Waals surface area contributed by atoms with Gasteiger partial charge in [-0.25, -0.2) is 0 Å². The van der Waals surface area contributed by atoms with Gasteiger partial charge in [0.05, 0.1) is 17.4 Å². The Morgan fingerprint density at radius 3 is 2.48 bits per heavy atom. The molecule has 1 nitrogen and oxygen atoms in total. The summed E-state index contributed by atoms with van der Waals surface area (Å²) in [6.07, 6.45) is -2.07. The van der Waals surface area contributed by atoms with Crippen molar-refractivity contribution in [2.24, 2.45) is 0 Å². The van der Waals surface area contributed by atoms with Crippen molar-refractivity contribution >= 4 is 11.3 Å². The minimum Gasteiger partial charge on any atom is -0.182 e. The van der Waals surface area contributed by atoms with Gasteiger partial charge in [-0.1, -0.05) is 54.3 Å². The summed E-state index contributed by atoms with van der Waals surface area (Å²) < 4.78 is 40.9. The summed E-state index contributed by atoms with van der Waals surface area (Å²) in [6.45, 7) is 4.41. The van der Waals surface area contributed by atoms with E-state index in [1.165, 1.54) is 12.1 Å². The lowest BCUT2D eigenvalue weighted by atomic mass is 10.1. The van der Waals surface area contributed by atoms with Crippen molar-refractivity contribution < 1.29 is 17.7 Å². The number of rotatable bonds is 5. The third kappa shape index (κ3) is 3.99. The summed E-state index contributed by atoms with van der Waals surface area (Å²) >= 11 is 1.55. The van der Waals surface area contributed by atoms with Gasteiger partial charge in [-0.2, -0.15) is 17.7 Å². The van der Waals surface area contributed by atoms with Crippen molar-refractivity contribution in [3.8, 4) is 11.3 Å². The molecule has 0 bridgehead atoms. The predicted molar refractivity (Wildman–Crippen MR) is 94.4 cm³/mol. The minimum atomic E-state index is -4.32. The van der Waals surface area contributed by atoms with Gasteiger partial charge in [0.25, 0.3) is 0 Å². The molecule has 3 rings (SSSR count). The quantitative estimate of drug-likeness (QED) is 0.418. The number of alkyl halides is 3. The lowest BCUT2D eigenvalue weighted by Crippen LogP contribution is -2.37. The molecule has 0 aliphatic rings. The summed E-state index contributed by atoms with van der Waals surface area (Å²) in [4.78, 5) is 0. The number of thiazole rings is 1. The van der Waals surface area contributed by atoms with Crippen LogP contribution in [-0.4, -0.2) is 0 Å². The van der Waals surface area contributed by atoms with Crippen LogP contribution in [0.25, 0.3) is 11.3 Å². The molecule has 0 unspecified atom stereocenters. The van der Waals surface area contributed by atoms with Crippen LogP contribution in [0, 0.1) is 0 Å². The fraction of sp³-hybridized carbons (Fsp3) is 0.150. The molecule has 5 heteroatoms. The molecule has 0 atom stereocenters. The fourth-order valence-corrected chi connectivity index (χ4v) is 3.78. The molecule has 0 aliphatic carbocycles. The molecule has 0 radical (unpaired) electrons. The molecule has 0 amide bonds. The van der Waals surface area contributed by atoms with Crippen LogP contribution in [0.3, 0.4) is 0 Å². The zero-order valence-corrected chi connectivity index (χ0v) is 14.3. The van der Waals surface area contributed by atoms with Crippen molar-refractivity contribution in [2.75, 3.05) is 0 Å². The van der Waals surface area contributed by atoms with Crippen molar-refractivity contribution in [1.29, 1.82) is 0 Å². The summed E-state index contributed by atoms with van der Waals surface area (Å²) in [5, 5.41) is 3.04. The first kappa shape index (κ1) is 17.4. The van der Waals surface area contributed by atoms with Crippen LogP contribution in [0.1, 0.15) is 16.1 Å². The Balaban J connectivity index is 1.96. The SMILES string of the molecule is C=CC[n+]1c(-c2ccccc2)csc1Cc1cccc(C(F)(F)F)c1. The highest BCUT2D eigenvalue weighted by atomic mass is 32.1. The maximum Gasteiger partial charge on any atom is 0.416 e. The fourth-order valence-electron chi connectivity index (χ4n) is 2.72. The van der Waals surface area contributed by atoms with E-state index in [0.29, 0.717) is 18.5 Å². The average Bonchev–Trinajstić information content (AvgIpc) is 2.98. The van der Waals surface area contributed by atoms with E-state index in [-0.39, 0.29) is 0 Å². The predicted octanol–water partition coefficient (Wildman–Crippen LogP) is 5.50. The summed E-state index contributed by atoms with van der Waals surface area (Å²) in [5.41, 5.74) is 2.16. The molecule has 0 saturated carbocycles. The summed E-state index contributed by atoms with van der Waals surface area (Å²) in [5.74, 6) is 0. The monoisotopic (exact) mass is 360 g/mol. The molecule has 0 fully saturated rings. The Kier molecular flexibility index (Phi) is 5.04. The first-order valence-corrected chi connectivity index (χ1v) is 8.69. The Hall–Kier alpha value is -2.40. The van der Waals surface area contributed by atoms with Gasteiger partial charge in [-0.3, -0.25) is 0 Å². The highest BCUT2D eigenvalue weighted by molar-refractivity contribution is 7.09. The number of hydrogen-bond donors (Lipinski definition) is 0. The molecule has 1 heterocycles. The van der Waals surface area contributed by atoms with Crippen molar-refractivity contribution in [1.82, 2.24) is 0 Å². The van der Waals surface area contributed by atoms with Gasteiger partial charge in [0, 0.05) is 5.56 Å². The topological polar surface area (TPSA) is 3.88 Å². The molecule has 0 aliphatic heterocycles. The number of nitrogens with zero attached hydrogens (tertiary/aromatic N) is 1. The van der Waals surface area contributed by atoms with Crippen LogP contribution in [0.2, 0.25) is 0 Å². The summed E-state index contributed by atoms with van der Waals surface area (Å²) in [6, 6.07) is 15.5. The van der Waals surface area contributed by atoms with Crippen LogP contribution in [0.4, 0.5) is 13.2 Å². The molecule has 128 valence electrons. The summed E-state index contributed by atoms with van der Waals surface area (Å²) in [7, 11) is 0. The standard InChI is InChI=1S/C20H17F3NS/c1-2-11-24-18(16-8-4-3-5-9-16)14-25-19(24)13-15-7-6-10-17(12-15)20(21,22)23/h2-10,12,14H,1,11,13H2/q+1. The number of halogens is 3. The van der Waals surface area contributed by atoms with Gasteiger partial charge in [-0.05, 0) is 29.8 Å². The molecule has 2 aromatic carbocycles. The van der Waals surface area contributed by atoms with E-state index in [4.69, 9.17) is 0 Å². The van der Waals surface area contributed by atoms with Crippen LogP contribution in [-0.2, 0) is 19.1 Å². The Labute approximate surface area is 148 Å². The van der Waals surface area contributed by atoms with E-state index in [2.05, 4.69) is 11.1 Å². The molecule has 1 aromatic heterocycles. The first-order chi connectivity index (χ1) is 12.0. The van der Waals surface area contributed by atoms with Gasteiger partial charge in [0.2, 0.25) is 10.7 Å². The number of allylic oxidation sites excluding steroid dienone is 1. The van der Waals surface area contributed by atoms with E-state index in [9.17, 15) is 13.2 Å². The smallest absolute Gasteiger partial charge is 0.182 e. The normalized spacial score (nSPS) is 11.5. The Bertz CT molecular complexity index is 866. The third-order valence-electron chi connectivity index (χ3n) is 3.89. The lowest BCUT2D eigenvalue weighted by molar-refractivity contribution is -0.678. The van der Waals surface area contributed by atoms with Crippen molar-refractivity contribution in [3.63, 3.8) is 0 Å². The van der Waals surface area contributed by atoms with Crippen LogP contribution in [0.15, 0.2) is 72.6 Å². The molecular formula is C20H17F3NS+. The second kappa shape index (κ2) is 7.23. The van der Waals surface area contributed by atoms with E-state index in [1.54, 1.807) is 23.5 Å². The van der Waals surface area contributed by atoms with E-state index < -0.39 is 11.7 Å². The Morgan fingerprint density at radius 2 is 1.80 bits per heavy atom. The van der Waals surface area contributed by atoms with E-state index in [0.717, 1.165) is 22.3 Å². The number of hydrogen-bond acceptors (Lipinski definition) is 1. The largest absolute Gasteiger partial charge is 0.416 e. The first-order valence-electron chi connectivity index (χ1n) is 7.81. The van der Waals surface area contributed by atoms with Gasteiger partial charge >= 0.3 is 6.18 Å². The molecule has 25 heavy (non-hydrogen) atoms. The zero-order valence-electron chi connectivity index (χ0n) is 13.5. The van der Waals surface area contributed by atoms with Gasteiger partial charge in [0.1, 0.15) is 0 Å². The zero-order chi connectivity index (χ0) is 17.9. The van der Waals surface area contributed by atoms with Crippen LogP contribution < -0.4 is 4.57 Å². The molecular weight excluding hydrogens is 343 g/mol. The second-order valence-corrected chi connectivity index (χ2v) is 6.60. The minimum absolute atomic E-state index is 0.454. The maximum atomic E-state index is 12.9. The van der Waals surface area contributed by atoms with E-state index >= 15 is 0 Å². The highest BCUT2D eigenvalue weighted by Gasteiger charge is 2.30.